The highest BCUT2D eigenvalue weighted by Crippen LogP contribution is 2.18. The van der Waals surface area contributed by atoms with Crippen molar-refractivity contribution < 1.29 is 17.2 Å². The van der Waals surface area contributed by atoms with Crippen molar-refractivity contribution >= 4 is 15.8 Å². The molecule has 0 saturated heterocycles. The summed E-state index contributed by atoms with van der Waals surface area (Å²) in [6, 6.07) is 5.69. The van der Waals surface area contributed by atoms with E-state index >= 15 is 0 Å². The molecule has 1 aromatic heterocycles. The lowest BCUT2D eigenvalue weighted by molar-refractivity contribution is 0.567. The van der Waals surface area contributed by atoms with Gasteiger partial charge in [-0.15, -0.1) is 0 Å². The molecular formula is C13H13F2N3O2S. The van der Waals surface area contributed by atoms with Crippen LogP contribution in [0.3, 0.4) is 0 Å². The fourth-order valence-electron chi connectivity index (χ4n) is 1.72. The molecule has 0 unspecified atom stereocenters. The second kappa shape index (κ2) is 6.15. The lowest BCUT2D eigenvalue weighted by Gasteiger charge is -2.10. The Morgan fingerprint density at radius 1 is 1.24 bits per heavy atom. The van der Waals surface area contributed by atoms with Crippen LogP contribution in [-0.4, -0.2) is 20.4 Å². The monoisotopic (exact) mass is 313 g/mol. The van der Waals surface area contributed by atoms with Crippen molar-refractivity contribution in [1.82, 2.24) is 9.71 Å². The largest absolute Gasteiger partial charge is 0.372 e. The number of sulfonamides is 1. The smallest absolute Gasteiger partial charge is 0.244 e. The molecule has 0 bridgehead atoms. The molecule has 0 saturated carbocycles. The Balaban J connectivity index is 2.24. The maximum absolute atomic E-state index is 13.5. The number of pyridine rings is 1. The minimum absolute atomic E-state index is 0.0655. The second-order valence-corrected chi connectivity index (χ2v) is 5.90. The summed E-state index contributed by atoms with van der Waals surface area (Å²) in [5, 5.41) is 2.66. The summed E-state index contributed by atoms with van der Waals surface area (Å²) in [7, 11) is -2.36. The minimum atomic E-state index is -3.89. The van der Waals surface area contributed by atoms with E-state index in [-0.39, 0.29) is 22.8 Å². The number of rotatable bonds is 5. The predicted octanol–water partition coefficient (Wildman–Crippen LogP) is 1.88. The van der Waals surface area contributed by atoms with Gasteiger partial charge in [-0.25, -0.2) is 26.9 Å². The number of hydrogen-bond donors (Lipinski definition) is 2. The van der Waals surface area contributed by atoms with Crippen LogP contribution >= 0.6 is 0 Å². The Morgan fingerprint density at radius 2 is 2.00 bits per heavy atom. The van der Waals surface area contributed by atoms with Gasteiger partial charge in [0, 0.05) is 25.4 Å². The number of nitrogens with one attached hydrogen (secondary N) is 2. The quantitative estimate of drug-likeness (QED) is 0.884. The van der Waals surface area contributed by atoms with E-state index in [4.69, 9.17) is 0 Å². The van der Waals surface area contributed by atoms with Gasteiger partial charge in [0.2, 0.25) is 10.0 Å². The number of anilines is 1. The highest BCUT2D eigenvalue weighted by Gasteiger charge is 2.19. The molecule has 0 amide bonds. The lowest BCUT2D eigenvalue weighted by Crippen LogP contribution is -2.25. The Morgan fingerprint density at radius 3 is 2.71 bits per heavy atom. The van der Waals surface area contributed by atoms with Gasteiger partial charge in [-0.05, 0) is 30.3 Å². The predicted molar refractivity (Wildman–Crippen MR) is 74.2 cm³/mol. The van der Waals surface area contributed by atoms with E-state index in [0.29, 0.717) is 0 Å². The first kappa shape index (κ1) is 15.3. The van der Waals surface area contributed by atoms with Gasteiger partial charge in [0.1, 0.15) is 22.3 Å². The van der Waals surface area contributed by atoms with E-state index < -0.39 is 21.7 Å². The maximum atomic E-state index is 13.5. The highest BCUT2D eigenvalue weighted by molar-refractivity contribution is 7.89. The molecule has 0 aliphatic rings. The SMILES string of the molecule is CNc1ncccc1S(=O)(=O)NCc1cc(F)ccc1F. The zero-order chi connectivity index (χ0) is 15.5. The molecule has 2 rings (SSSR count). The number of benzene rings is 1. The van der Waals surface area contributed by atoms with E-state index in [9.17, 15) is 17.2 Å². The van der Waals surface area contributed by atoms with Gasteiger partial charge in [0.05, 0.1) is 0 Å². The molecule has 0 aliphatic carbocycles. The van der Waals surface area contributed by atoms with Crippen molar-refractivity contribution in [1.29, 1.82) is 0 Å². The fraction of sp³-hybridized carbons (Fsp3) is 0.154. The second-order valence-electron chi connectivity index (χ2n) is 4.16. The molecule has 0 fully saturated rings. The van der Waals surface area contributed by atoms with Crippen molar-refractivity contribution in [3.63, 3.8) is 0 Å². The summed E-state index contributed by atoms with van der Waals surface area (Å²) in [4.78, 5) is 3.82. The van der Waals surface area contributed by atoms with Crippen molar-refractivity contribution in [3.05, 3.63) is 53.7 Å². The van der Waals surface area contributed by atoms with E-state index in [0.717, 1.165) is 18.2 Å². The van der Waals surface area contributed by atoms with Crippen LogP contribution in [0.15, 0.2) is 41.4 Å². The molecule has 0 radical (unpaired) electrons. The van der Waals surface area contributed by atoms with Gasteiger partial charge >= 0.3 is 0 Å². The van der Waals surface area contributed by atoms with Crippen molar-refractivity contribution in [2.75, 3.05) is 12.4 Å². The van der Waals surface area contributed by atoms with Gasteiger partial charge in [0.15, 0.2) is 0 Å². The standard InChI is InChI=1S/C13H13F2N3O2S/c1-16-13-12(3-2-6-17-13)21(19,20)18-8-9-7-10(14)4-5-11(9)15/h2-7,18H,8H2,1H3,(H,16,17). The first-order valence-electron chi connectivity index (χ1n) is 6.00. The Bertz CT molecular complexity index is 751. The van der Waals surface area contributed by atoms with Gasteiger partial charge in [-0.1, -0.05) is 0 Å². The Kier molecular flexibility index (Phi) is 4.49. The van der Waals surface area contributed by atoms with E-state index in [1.807, 2.05) is 0 Å². The molecule has 0 atom stereocenters. The first-order chi connectivity index (χ1) is 9.94. The molecule has 0 aliphatic heterocycles. The van der Waals surface area contributed by atoms with Gasteiger partial charge in [0.25, 0.3) is 0 Å². The van der Waals surface area contributed by atoms with Crippen molar-refractivity contribution in [2.45, 2.75) is 11.4 Å². The van der Waals surface area contributed by atoms with Crippen LogP contribution in [-0.2, 0) is 16.6 Å². The van der Waals surface area contributed by atoms with Gasteiger partial charge < -0.3 is 5.32 Å². The number of halogens is 2. The molecule has 1 aromatic carbocycles. The number of nitrogens with zero attached hydrogens (tertiary/aromatic N) is 1. The van der Waals surface area contributed by atoms with Gasteiger partial charge in [-0.2, -0.15) is 0 Å². The average molecular weight is 313 g/mol. The minimum Gasteiger partial charge on any atom is -0.372 e. The molecule has 8 heteroatoms. The van der Waals surface area contributed by atoms with Crippen LogP contribution in [0.2, 0.25) is 0 Å². The van der Waals surface area contributed by atoms with Crippen LogP contribution in [0, 0.1) is 11.6 Å². The summed E-state index contributed by atoms with van der Waals surface area (Å²) < 4.78 is 53.1. The summed E-state index contributed by atoms with van der Waals surface area (Å²) >= 11 is 0. The van der Waals surface area contributed by atoms with Crippen LogP contribution in [0.25, 0.3) is 0 Å². The van der Waals surface area contributed by atoms with Crippen LogP contribution < -0.4 is 10.0 Å². The molecule has 5 nitrogen and oxygen atoms in total. The molecule has 0 spiro atoms. The summed E-state index contributed by atoms with van der Waals surface area (Å²) in [5.74, 6) is -1.15. The van der Waals surface area contributed by atoms with E-state index in [1.54, 1.807) is 0 Å². The normalized spacial score (nSPS) is 11.4. The van der Waals surface area contributed by atoms with E-state index in [2.05, 4.69) is 15.0 Å². The Labute approximate surface area is 121 Å². The van der Waals surface area contributed by atoms with Crippen molar-refractivity contribution in [3.8, 4) is 0 Å². The Hall–Kier alpha value is -2.06. The summed E-state index contributed by atoms with van der Waals surface area (Å²) in [6.07, 6.45) is 1.44. The third-order valence-electron chi connectivity index (χ3n) is 2.76. The average Bonchev–Trinajstić information content (AvgIpc) is 2.48. The molecule has 112 valence electrons. The molecule has 2 aromatic rings. The third-order valence-corrected chi connectivity index (χ3v) is 4.19. The van der Waals surface area contributed by atoms with Crippen LogP contribution in [0.5, 0.6) is 0 Å². The maximum Gasteiger partial charge on any atom is 0.244 e. The third kappa shape index (κ3) is 3.53. The summed E-state index contributed by atoms with van der Waals surface area (Å²) in [6.45, 7) is -0.357. The first-order valence-corrected chi connectivity index (χ1v) is 7.48. The van der Waals surface area contributed by atoms with Crippen LogP contribution in [0.1, 0.15) is 5.56 Å². The molecule has 1 heterocycles. The molecule has 21 heavy (non-hydrogen) atoms. The topological polar surface area (TPSA) is 71.1 Å². The van der Waals surface area contributed by atoms with Gasteiger partial charge in [-0.3, -0.25) is 0 Å². The number of aromatic nitrogens is 1. The fourth-order valence-corrected chi connectivity index (χ4v) is 2.89. The molecule has 2 N–H and O–H groups in total. The summed E-state index contributed by atoms with van der Waals surface area (Å²) in [5.41, 5.74) is -0.0755. The zero-order valence-corrected chi connectivity index (χ0v) is 11.9. The van der Waals surface area contributed by atoms with E-state index in [1.165, 1.54) is 25.4 Å². The number of hydrogen-bond acceptors (Lipinski definition) is 4. The highest BCUT2D eigenvalue weighted by atomic mass is 32.2. The molecular weight excluding hydrogens is 300 g/mol. The van der Waals surface area contributed by atoms with Crippen LogP contribution in [0.4, 0.5) is 14.6 Å². The zero-order valence-electron chi connectivity index (χ0n) is 11.1. The lowest BCUT2D eigenvalue weighted by atomic mass is 10.2. The van der Waals surface area contributed by atoms with Crippen molar-refractivity contribution in [2.24, 2.45) is 0 Å².